The second kappa shape index (κ2) is 15.0. The number of unbranched alkanes of at least 4 members (excludes halogenated alkanes) is 1. The molecule has 0 aliphatic heterocycles. The number of nitrogens with zero attached hydrogens (tertiary/aromatic N) is 5. The molecule has 0 saturated carbocycles. The summed E-state index contributed by atoms with van der Waals surface area (Å²) in [5.41, 5.74) is 5.02. The molecule has 0 aliphatic carbocycles. The molecule has 50 heavy (non-hydrogen) atoms. The molecule has 9 nitrogen and oxygen atoms in total. The van der Waals surface area contributed by atoms with Gasteiger partial charge >= 0.3 is 0 Å². The first-order valence-corrected chi connectivity index (χ1v) is 17.2. The quantitative estimate of drug-likeness (QED) is 0.117. The Bertz CT molecular complexity index is 2360. The summed E-state index contributed by atoms with van der Waals surface area (Å²) in [6, 6.07) is 33.5. The normalized spacial score (nSPS) is 11.8. The van der Waals surface area contributed by atoms with Crippen LogP contribution in [0.15, 0.2) is 114 Å². The smallest absolute Gasteiger partial charge is 0.291 e. The van der Waals surface area contributed by atoms with Crippen molar-refractivity contribution in [3.63, 3.8) is 0 Å². The Labute approximate surface area is 293 Å². The van der Waals surface area contributed by atoms with Crippen LogP contribution in [0, 0.1) is 0 Å². The Hall–Kier alpha value is -6.00. The topological polar surface area (TPSA) is 92.8 Å². The zero-order chi connectivity index (χ0) is 34.3. The first-order chi connectivity index (χ1) is 24.6. The molecule has 0 aliphatic rings. The van der Waals surface area contributed by atoms with Gasteiger partial charge in [0.25, 0.3) is 5.56 Å². The zero-order valence-electron chi connectivity index (χ0n) is 27.7. The lowest BCUT2D eigenvalue weighted by molar-refractivity contribution is 0.288. The van der Waals surface area contributed by atoms with Gasteiger partial charge in [-0.1, -0.05) is 97.5 Å². The van der Waals surface area contributed by atoms with Gasteiger partial charge in [0.2, 0.25) is 4.96 Å². The molecule has 0 radical (unpaired) electrons. The van der Waals surface area contributed by atoms with Crippen LogP contribution >= 0.6 is 11.3 Å². The van der Waals surface area contributed by atoms with Crippen molar-refractivity contribution in [2.24, 2.45) is 0 Å². The zero-order valence-corrected chi connectivity index (χ0v) is 28.5. The number of hydrogen-bond acceptors (Lipinski definition) is 8. The van der Waals surface area contributed by atoms with Crippen LogP contribution in [0.3, 0.4) is 0 Å². The van der Waals surface area contributed by atoms with Crippen molar-refractivity contribution in [2.45, 2.75) is 26.4 Å². The Kier molecular flexibility index (Phi) is 9.79. The van der Waals surface area contributed by atoms with Crippen molar-refractivity contribution in [1.29, 1.82) is 0 Å². The minimum atomic E-state index is -0.245. The molecule has 0 fully saturated rings. The van der Waals surface area contributed by atoms with Crippen LogP contribution in [0.2, 0.25) is 0 Å². The minimum absolute atomic E-state index is 0.245. The molecule has 7 rings (SSSR count). The van der Waals surface area contributed by atoms with E-state index < -0.39 is 0 Å². The summed E-state index contributed by atoms with van der Waals surface area (Å²) >= 11 is 1.29. The Morgan fingerprint density at radius 1 is 0.840 bits per heavy atom. The number of thiazole rings is 1. The van der Waals surface area contributed by atoms with Gasteiger partial charge in [0.15, 0.2) is 17.3 Å². The van der Waals surface area contributed by atoms with Gasteiger partial charge in [-0.2, -0.15) is 14.6 Å². The molecule has 0 N–H and O–H groups in total. The van der Waals surface area contributed by atoms with Gasteiger partial charge in [0.05, 0.1) is 23.9 Å². The molecular weight excluding hydrogens is 647 g/mol. The molecule has 0 unspecified atom stereocenters. The van der Waals surface area contributed by atoms with Gasteiger partial charge in [0.1, 0.15) is 18.1 Å². The highest BCUT2D eigenvalue weighted by molar-refractivity contribution is 7.15. The van der Waals surface area contributed by atoms with Gasteiger partial charge in [-0.25, -0.2) is 4.68 Å². The van der Waals surface area contributed by atoms with E-state index in [4.69, 9.17) is 19.3 Å². The number of benzene rings is 4. The Morgan fingerprint density at radius 2 is 1.66 bits per heavy atom. The summed E-state index contributed by atoms with van der Waals surface area (Å²) in [6.45, 7) is 3.22. The van der Waals surface area contributed by atoms with Crippen molar-refractivity contribution in [2.75, 3.05) is 13.7 Å². The average molecular weight is 682 g/mol. The monoisotopic (exact) mass is 681 g/mol. The molecule has 10 heteroatoms. The first kappa shape index (κ1) is 32.5. The predicted molar refractivity (Wildman–Crippen MR) is 198 cm³/mol. The molecule has 250 valence electrons. The van der Waals surface area contributed by atoms with Crippen molar-refractivity contribution in [3.05, 3.63) is 147 Å². The predicted octanol–water partition coefficient (Wildman–Crippen LogP) is 7.49. The van der Waals surface area contributed by atoms with E-state index in [9.17, 15) is 4.79 Å². The summed E-state index contributed by atoms with van der Waals surface area (Å²) in [6.07, 6.45) is 9.49. The number of aromatic nitrogens is 5. The summed E-state index contributed by atoms with van der Waals surface area (Å²) in [5.74, 6) is 2.53. The Balaban J connectivity index is 1.18. The highest BCUT2D eigenvalue weighted by Crippen LogP contribution is 2.30. The minimum Gasteiger partial charge on any atom is -0.493 e. The fourth-order valence-corrected chi connectivity index (χ4v) is 6.28. The molecule has 0 saturated heterocycles. The third kappa shape index (κ3) is 7.35. The van der Waals surface area contributed by atoms with E-state index in [1.807, 2.05) is 126 Å². The second-order valence-corrected chi connectivity index (χ2v) is 12.6. The summed E-state index contributed by atoms with van der Waals surface area (Å²) in [4.78, 5) is 18.7. The lowest BCUT2D eigenvalue weighted by Gasteiger charge is -2.10. The first-order valence-electron chi connectivity index (χ1n) is 16.4. The van der Waals surface area contributed by atoms with Crippen LogP contribution in [-0.2, 0) is 6.61 Å². The van der Waals surface area contributed by atoms with E-state index in [0.717, 1.165) is 52.2 Å². The van der Waals surface area contributed by atoms with Gasteiger partial charge in [-0.15, -0.1) is 5.10 Å². The summed E-state index contributed by atoms with van der Waals surface area (Å²) in [7, 11) is 1.62. The third-order valence-corrected chi connectivity index (χ3v) is 8.93. The molecular formula is C40H35N5O4S. The molecule has 0 bridgehead atoms. The number of ether oxygens (including phenoxy) is 3. The van der Waals surface area contributed by atoms with E-state index in [2.05, 4.69) is 17.0 Å². The largest absolute Gasteiger partial charge is 0.493 e. The molecule has 0 spiro atoms. The molecule has 0 atom stereocenters. The SMILES string of the molecule is CCCCOc1ccc(/C=C/c2nc3s/c(=C\c4cn(-c5ccccc5)nc4-c4cccc(OCc5ccccc5)c4)c(=O)n3n2)cc1OC. The maximum Gasteiger partial charge on any atom is 0.291 e. The van der Waals surface area contributed by atoms with Crippen LogP contribution in [0.5, 0.6) is 17.2 Å². The van der Waals surface area contributed by atoms with Crippen molar-refractivity contribution in [3.8, 4) is 34.2 Å². The standard InChI is InChI=1S/C40H35N5O4S/c1-3-4-22-48-34-20-18-28(23-35(34)47-2)19-21-37-41-40-45(42-37)39(46)36(50-40)25-31-26-44(32-15-9-6-10-16-32)43-38(31)30-14-11-17-33(24-30)49-27-29-12-7-5-8-13-29/h5-21,23-26H,3-4,22,27H2,1-2H3/b21-19+,36-25-. The van der Waals surface area contributed by atoms with Crippen LogP contribution in [-0.4, -0.2) is 38.1 Å². The van der Waals surface area contributed by atoms with Gasteiger partial charge < -0.3 is 14.2 Å². The average Bonchev–Trinajstić information content (AvgIpc) is 3.85. The van der Waals surface area contributed by atoms with Crippen LogP contribution < -0.4 is 24.3 Å². The van der Waals surface area contributed by atoms with Gasteiger partial charge in [0, 0.05) is 17.3 Å². The van der Waals surface area contributed by atoms with Crippen LogP contribution in [0.4, 0.5) is 0 Å². The van der Waals surface area contributed by atoms with Gasteiger partial charge in [-0.05, 0) is 66.1 Å². The van der Waals surface area contributed by atoms with Gasteiger partial charge in [-0.3, -0.25) is 4.79 Å². The fourth-order valence-electron chi connectivity index (χ4n) is 5.37. The number of fused-ring (bicyclic) bond motifs is 1. The highest BCUT2D eigenvalue weighted by atomic mass is 32.1. The number of rotatable bonds is 13. The molecule has 3 aromatic heterocycles. The van der Waals surface area contributed by atoms with E-state index >= 15 is 0 Å². The van der Waals surface area contributed by atoms with Crippen molar-refractivity contribution < 1.29 is 14.2 Å². The van der Waals surface area contributed by atoms with Crippen LogP contribution in [0.25, 0.3) is 40.1 Å². The number of para-hydroxylation sites is 1. The second-order valence-electron chi connectivity index (χ2n) is 11.5. The van der Waals surface area contributed by atoms with E-state index in [-0.39, 0.29) is 5.56 Å². The van der Waals surface area contributed by atoms with E-state index in [0.29, 0.717) is 40.0 Å². The lowest BCUT2D eigenvalue weighted by Crippen LogP contribution is -2.23. The Morgan fingerprint density at radius 3 is 2.44 bits per heavy atom. The third-order valence-electron chi connectivity index (χ3n) is 7.97. The number of methoxy groups -OCH3 is 1. The van der Waals surface area contributed by atoms with E-state index in [1.54, 1.807) is 13.2 Å². The molecule has 4 aromatic carbocycles. The summed E-state index contributed by atoms with van der Waals surface area (Å²) in [5, 5.41) is 9.44. The fraction of sp³-hybridized carbons (Fsp3) is 0.150. The van der Waals surface area contributed by atoms with Crippen molar-refractivity contribution >= 4 is 34.5 Å². The van der Waals surface area contributed by atoms with Crippen LogP contribution in [0.1, 0.15) is 42.3 Å². The lowest BCUT2D eigenvalue weighted by atomic mass is 10.1. The number of hydrogen-bond donors (Lipinski definition) is 0. The summed E-state index contributed by atoms with van der Waals surface area (Å²) < 4.78 is 21.2. The maximum absolute atomic E-state index is 13.6. The van der Waals surface area contributed by atoms with Crippen molar-refractivity contribution in [1.82, 2.24) is 24.4 Å². The maximum atomic E-state index is 13.6. The highest BCUT2D eigenvalue weighted by Gasteiger charge is 2.15. The molecule has 0 amide bonds. The van der Waals surface area contributed by atoms with E-state index in [1.165, 1.54) is 15.9 Å². The molecule has 7 aromatic rings. The molecule has 3 heterocycles.